The minimum atomic E-state index is -0.680. The van der Waals surface area contributed by atoms with Crippen LogP contribution in [0.15, 0.2) is 35.8 Å². The Morgan fingerprint density at radius 1 is 1.27 bits per heavy atom. The zero-order valence-corrected chi connectivity index (χ0v) is 14.7. The van der Waals surface area contributed by atoms with E-state index >= 15 is 0 Å². The molecule has 0 aliphatic heterocycles. The summed E-state index contributed by atoms with van der Waals surface area (Å²) in [6.45, 7) is 2.55. The fourth-order valence-electron chi connectivity index (χ4n) is 2.24. The lowest BCUT2D eigenvalue weighted by molar-refractivity contribution is 0.0941. The Bertz CT molecular complexity index is 915. The van der Waals surface area contributed by atoms with E-state index in [0.717, 1.165) is 5.56 Å². The summed E-state index contributed by atoms with van der Waals surface area (Å²) in [7, 11) is 0. The van der Waals surface area contributed by atoms with Gasteiger partial charge in [0.25, 0.3) is 11.8 Å². The van der Waals surface area contributed by atoms with Gasteiger partial charge in [-0.1, -0.05) is 18.2 Å². The number of amides is 1. The highest BCUT2D eigenvalue weighted by Crippen LogP contribution is 2.29. The largest absolute Gasteiger partial charge is 0.501 e. The van der Waals surface area contributed by atoms with E-state index in [0.29, 0.717) is 17.4 Å². The van der Waals surface area contributed by atoms with Gasteiger partial charge in [0.15, 0.2) is 16.5 Å². The minimum absolute atomic E-state index is 0.0650. The number of aromatic nitrogens is 3. The molecule has 3 aromatic rings. The number of carbonyl (C=O) groups is 1. The minimum Gasteiger partial charge on any atom is -0.501 e. The molecule has 0 unspecified atom stereocenters. The maximum atomic E-state index is 12.5. The van der Waals surface area contributed by atoms with Crippen LogP contribution < -0.4 is 10.1 Å². The van der Waals surface area contributed by atoms with Crippen LogP contribution in [0.25, 0.3) is 10.8 Å². The van der Waals surface area contributed by atoms with Gasteiger partial charge in [-0.2, -0.15) is 4.98 Å². The van der Waals surface area contributed by atoms with Crippen molar-refractivity contribution in [3.8, 4) is 28.2 Å². The van der Waals surface area contributed by atoms with Crippen molar-refractivity contribution in [2.24, 2.45) is 0 Å². The molecule has 0 saturated carbocycles. The summed E-state index contributed by atoms with van der Waals surface area (Å²) in [6.07, 6.45) is 1.55. The van der Waals surface area contributed by atoms with Gasteiger partial charge >= 0.3 is 0 Å². The topological polar surface area (TPSA) is 117 Å². The van der Waals surface area contributed by atoms with Gasteiger partial charge in [-0.15, -0.1) is 11.3 Å². The Hall–Kier alpha value is -3.20. The normalized spacial score (nSPS) is 10.5. The van der Waals surface area contributed by atoms with Crippen molar-refractivity contribution in [1.29, 1.82) is 0 Å². The molecule has 0 saturated heterocycles. The SMILES string of the molecule is CCOc1ccccc1CNC(=O)c1nc(-c2nccs2)nc(O)c1O. The first-order valence-electron chi connectivity index (χ1n) is 7.79. The highest BCUT2D eigenvalue weighted by Gasteiger charge is 2.21. The quantitative estimate of drug-likeness (QED) is 0.608. The smallest absolute Gasteiger partial charge is 0.274 e. The van der Waals surface area contributed by atoms with Crippen LogP contribution in [0.1, 0.15) is 23.0 Å². The second kappa shape index (κ2) is 7.79. The molecule has 26 heavy (non-hydrogen) atoms. The maximum Gasteiger partial charge on any atom is 0.274 e. The Balaban J connectivity index is 1.82. The highest BCUT2D eigenvalue weighted by atomic mass is 32.1. The number of nitrogens with zero attached hydrogens (tertiary/aromatic N) is 3. The second-order valence-electron chi connectivity index (χ2n) is 5.13. The number of ether oxygens (including phenoxy) is 1. The number of carbonyl (C=O) groups excluding carboxylic acids is 1. The lowest BCUT2D eigenvalue weighted by Gasteiger charge is -2.11. The van der Waals surface area contributed by atoms with E-state index in [1.165, 1.54) is 11.3 Å². The van der Waals surface area contributed by atoms with Crippen molar-refractivity contribution in [1.82, 2.24) is 20.3 Å². The van der Waals surface area contributed by atoms with Crippen LogP contribution in [0.2, 0.25) is 0 Å². The first-order valence-corrected chi connectivity index (χ1v) is 8.66. The average molecular weight is 372 g/mol. The number of hydrogen-bond donors (Lipinski definition) is 3. The molecular weight excluding hydrogens is 356 g/mol. The molecule has 0 atom stereocenters. The molecule has 134 valence electrons. The van der Waals surface area contributed by atoms with Crippen molar-refractivity contribution in [3.05, 3.63) is 47.1 Å². The van der Waals surface area contributed by atoms with Gasteiger partial charge in [0.1, 0.15) is 5.75 Å². The number of rotatable bonds is 6. The molecule has 0 aliphatic rings. The fraction of sp³-hybridized carbons (Fsp3) is 0.176. The molecule has 0 aliphatic carbocycles. The van der Waals surface area contributed by atoms with Crippen molar-refractivity contribution >= 4 is 17.2 Å². The van der Waals surface area contributed by atoms with Crippen molar-refractivity contribution in [2.45, 2.75) is 13.5 Å². The van der Waals surface area contributed by atoms with Gasteiger partial charge in [-0.25, -0.2) is 9.97 Å². The number of hydrogen-bond acceptors (Lipinski definition) is 8. The third-order valence-corrected chi connectivity index (χ3v) is 4.19. The van der Waals surface area contributed by atoms with Crippen LogP contribution in [0, 0.1) is 0 Å². The molecule has 8 nitrogen and oxygen atoms in total. The molecule has 1 aromatic carbocycles. The van der Waals surface area contributed by atoms with Crippen LogP contribution in [-0.4, -0.2) is 37.7 Å². The highest BCUT2D eigenvalue weighted by molar-refractivity contribution is 7.13. The van der Waals surface area contributed by atoms with Crippen LogP contribution in [0.5, 0.6) is 17.4 Å². The van der Waals surface area contributed by atoms with E-state index in [2.05, 4.69) is 20.3 Å². The van der Waals surface area contributed by atoms with Gasteiger partial charge in [-0.3, -0.25) is 4.79 Å². The van der Waals surface area contributed by atoms with Gasteiger partial charge in [0.05, 0.1) is 6.61 Å². The van der Waals surface area contributed by atoms with E-state index in [9.17, 15) is 15.0 Å². The molecule has 0 bridgehead atoms. The number of aromatic hydroxyl groups is 2. The zero-order valence-electron chi connectivity index (χ0n) is 13.8. The summed E-state index contributed by atoms with van der Waals surface area (Å²) < 4.78 is 5.51. The van der Waals surface area contributed by atoms with Gasteiger partial charge in [0.2, 0.25) is 5.75 Å². The molecule has 0 radical (unpaired) electrons. The van der Waals surface area contributed by atoms with Crippen molar-refractivity contribution in [2.75, 3.05) is 6.61 Å². The average Bonchev–Trinajstić information content (AvgIpc) is 3.18. The van der Waals surface area contributed by atoms with E-state index in [1.54, 1.807) is 17.6 Å². The molecule has 9 heteroatoms. The van der Waals surface area contributed by atoms with Crippen LogP contribution in [-0.2, 0) is 6.54 Å². The Labute approximate surface area is 153 Å². The monoisotopic (exact) mass is 372 g/mol. The van der Waals surface area contributed by atoms with Crippen molar-refractivity contribution < 1.29 is 19.7 Å². The van der Waals surface area contributed by atoms with Crippen molar-refractivity contribution in [3.63, 3.8) is 0 Å². The standard InChI is InChI=1S/C17H16N4O4S/c1-2-25-11-6-4-3-5-10(11)9-19-15(23)12-13(22)16(24)21-14(20-12)17-18-7-8-26-17/h3-8,22H,2,9H2,1H3,(H,19,23)(H,20,21,24). The van der Waals surface area contributed by atoms with E-state index < -0.39 is 17.5 Å². The van der Waals surface area contributed by atoms with Crippen LogP contribution >= 0.6 is 11.3 Å². The predicted octanol–water partition coefficient (Wildman–Crippen LogP) is 2.34. The lowest BCUT2D eigenvalue weighted by Crippen LogP contribution is -2.24. The molecule has 0 fully saturated rings. The third kappa shape index (κ3) is 3.72. The summed E-state index contributed by atoms with van der Waals surface area (Å²) in [6, 6.07) is 7.30. The van der Waals surface area contributed by atoms with Crippen LogP contribution in [0.3, 0.4) is 0 Å². The summed E-state index contributed by atoms with van der Waals surface area (Å²) in [5, 5.41) is 24.6. The third-order valence-electron chi connectivity index (χ3n) is 3.42. The molecular formula is C17H16N4O4S. The fourth-order valence-corrected chi connectivity index (χ4v) is 2.81. The van der Waals surface area contributed by atoms with E-state index in [1.807, 2.05) is 25.1 Å². The molecule has 3 N–H and O–H groups in total. The summed E-state index contributed by atoms with van der Waals surface area (Å²) >= 11 is 1.25. The Morgan fingerprint density at radius 3 is 2.81 bits per heavy atom. The summed E-state index contributed by atoms with van der Waals surface area (Å²) in [5.74, 6) is -1.28. The first kappa shape index (κ1) is 17.6. The molecule has 0 spiro atoms. The molecule has 2 aromatic heterocycles. The maximum absolute atomic E-state index is 12.5. The van der Waals surface area contributed by atoms with E-state index in [4.69, 9.17) is 4.74 Å². The van der Waals surface area contributed by atoms with E-state index in [-0.39, 0.29) is 18.1 Å². The number of benzene rings is 1. The van der Waals surface area contributed by atoms with Gasteiger partial charge < -0.3 is 20.3 Å². The van der Waals surface area contributed by atoms with Gasteiger partial charge in [-0.05, 0) is 13.0 Å². The predicted molar refractivity (Wildman–Crippen MR) is 95.3 cm³/mol. The molecule has 3 rings (SSSR count). The Kier molecular flexibility index (Phi) is 5.28. The van der Waals surface area contributed by atoms with Crippen LogP contribution in [0.4, 0.5) is 0 Å². The second-order valence-corrected chi connectivity index (χ2v) is 6.02. The number of thiazole rings is 1. The Morgan fingerprint density at radius 2 is 2.08 bits per heavy atom. The molecule has 1 amide bonds. The zero-order chi connectivity index (χ0) is 18.5. The number of nitrogens with one attached hydrogen (secondary N) is 1. The van der Waals surface area contributed by atoms with Gasteiger partial charge in [0, 0.05) is 23.7 Å². The number of para-hydroxylation sites is 1. The summed E-state index contributed by atoms with van der Waals surface area (Å²) in [4.78, 5) is 24.3. The first-order chi connectivity index (χ1) is 12.6. The lowest BCUT2D eigenvalue weighted by atomic mass is 10.2. The summed E-state index contributed by atoms with van der Waals surface area (Å²) in [5.41, 5.74) is 0.456. The molecule has 2 heterocycles.